The molecule has 0 spiro atoms. The average molecular weight is 339 g/mol. The third-order valence-electron chi connectivity index (χ3n) is 4.41. The molecule has 2 N–H and O–H groups in total. The van der Waals surface area contributed by atoms with Crippen LogP contribution in [0.2, 0.25) is 0 Å². The fraction of sp³-hybridized carbons (Fsp3) is 0.381. The van der Waals surface area contributed by atoms with Crippen LogP contribution in [0.1, 0.15) is 31.4 Å². The van der Waals surface area contributed by atoms with E-state index in [1.54, 1.807) is 0 Å². The van der Waals surface area contributed by atoms with Crippen LogP contribution in [0.25, 0.3) is 0 Å². The SMILES string of the molecule is CCN(CC)c1ccc(NCCC(=O)NCc2ccccc2C)cc1. The number of hydrogen-bond donors (Lipinski definition) is 2. The van der Waals surface area contributed by atoms with Gasteiger partial charge in [0, 0.05) is 44.0 Å². The largest absolute Gasteiger partial charge is 0.385 e. The van der Waals surface area contributed by atoms with Gasteiger partial charge in [0.25, 0.3) is 0 Å². The molecule has 0 saturated carbocycles. The Kier molecular flexibility index (Phi) is 7.33. The molecule has 0 saturated heterocycles. The Morgan fingerprint density at radius 2 is 1.68 bits per heavy atom. The third-order valence-corrected chi connectivity index (χ3v) is 4.41. The summed E-state index contributed by atoms with van der Waals surface area (Å²) in [5, 5.41) is 6.29. The second-order valence-electron chi connectivity index (χ2n) is 6.10. The molecule has 134 valence electrons. The van der Waals surface area contributed by atoms with Gasteiger partial charge in [0.1, 0.15) is 0 Å². The molecule has 4 nitrogen and oxygen atoms in total. The van der Waals surface area contributed by atoms with Crippen LogP contribution in [0.4, 0.5) is 11.4 Å². The van der Waals surface area contributed by atoms with Gasteiger partial charge in [-0.05, 0) is 56.2 Å². The van der Waals surface area contributed by atoms with Crippen LogP contribution >= 0.6 is 0 Å². The van der Waals surface area contributed by atoms with Crippen LogP contribution in [-0.4, -0.2) is 25.5 Å². The Labute approximate surface area is 151 Å². The van der Waals surface area contributed by atoms with E-state index in [0.717, 1.165) is 24.3 Å². The maximum atomic E-state index is 12.0. The summed E-state index contributed by atoms with van der Waals surface area (Å²) in [5.41, 5.74) is 4.64. The quantitative estimate of drug-likeness (QED) is 0.727. The van der Waals surface area contributed by atoms with E-state index in [1.807, 2.05) is 18.2 Å². The zero-order valence-corrected chi connectivity index (χ0v) is 15.5. The molecule has 0 aliphatic carbocycles. The minimum absolute atomic E-state index is 0.0653. The van der Waals surface area contributed by atoms with Gasteiger partial charge in [0.15, 0.2) is 0 Å². The molecular formula is C21H29N3O. The first kappa shape index (κ1) is 18.8. The number of anilines is 2. The lowest BCUT2D eigenvalue weighted by Crippen LogP contribution is -2.25. The summed E-state index contributed by atoms with van der Waals surface area (Å²) >= 11 is 0. The van der Waals surface area contributed by atoms with Crippen molar-refractivity contribution >= 4 is 17.3 Å². The minimum atomic E-state index is 0.0653. The zero-order chi connectivity index (χ0) is 18.1. The van der Waals surface area contributed by atoms with Crippen molar-refractivity contribution in [2.75, 3.05) is 29.9 Å². The number of hydrogen-bond acceptors (Lipinski definition) is 3. The second kappa shape index (κ2) is 9.72. The summed E-state index contributed by atoms with van der Waals surface area (Å²) in [7, 11) is 0. The van der Waals surface area contributed by atoms with E-state index >= 15 is 0 Å². The fourth-order valence-electron chi connectivity index (χ4n) is 2.79. The van der Waals surface area contributed by atoms with Crippen LogP contribution in [0, 0.1) is 6.92 Å². The highest BCUT2D eigenvalue weighted by Crippen LogP contribution is 2.17. The molecule has 0 bridgehead atoms. The van der Waals surface area contributed by atoms with Crippen molar-refractivity contribution in [3.63, 3.8) is 0 Å². The summed E-state index contributed by atoms with van der Waals surface area (Å²) in [6.07, 6.45) is 0.462. The van der Waals surface area contributed by atoms with Gasteiger partial charge < -0.3 is 15.5 Å². The number of rotatable bonds is 9. The van der Waals surface area contributed by atoms with Gasteiger partial charge in [-0.25, -0.2) is 0 Å². The molecule has 2 rings (SSSR count). The fourth-order valence-corrected chi connectivity index (χ4v) is 2.79. The Morgan fingerprint density at radius 1 is 1.00 bits per heavy atom. The number of aryl methyl sites for hydroxylation is 1. The lowest BCUT2D eigenvalue weighted by molar-refractivity contribution is -0.121. The molecule has 4 heteroatoms. The molecule has 0 aliphatic heterocycles. The van der Waals surface area contributed by atoms with Gasteiger partial charge in [-0.15, -0.1) is 0 Å². The molecule has 0 fully saturated rings. The summed E-state index contributed by atoms with van der Waals surface area (Å²) in [6.45, 7) is 9.60. The van der Waals surface area contributed by atoms with Gasteiger partial charge >= 0.3 is 0 Å². The van der Waals surface area contributed by atoms with Crippen molar-refractivity contribution < 1.29 is 4.79 Å². The van der Waals surface area contributed by atoms with E-state index in [0.29, 0.717) is 19.5 Å². The van der Waals surface area contributed by atoms with Crippen LogP contribution in [0.15, 0.2) is 48.5 Å². The molecule has 0 unspecified atom stereocenters. The van der Waals surface area contributed by atoms with E-state index in [1.165, 1.54) is 11.3 Å². The normalized spacial score (nSPS) is 10.4. The van der Waals surface area contributed by atoms with Crippen molar-refractivity contribution in [2.45, 2.75) is 33.7 Å². The number of amides is 1. The summed E-state index contributed by atoms with van der Waals surface area (Å²) in [5.74, 6) is 0.0653. The Morgan fingerprint density at radius 3 is 2.32 bits per heavy atom. The highest BCUT2D eigenvalue weighted by atomic mass is 16.1. The number of nitrogens with zero attached hydrogens (tertiary/aromatic N) is 1. The molecule has 2 aromatic carbocycles. The third kappa shape index (κ3) is 5.82. The van der Waals surface area contributed by atoms with E-state index < -0.39 is 0 Å². The number of carbonyl (C=O) groups is 1. The average Bonchev–Trinajstić information content (AvgIpc) is 2.63. The molecule has 0 radical (unpaired) electrons. The monoisotopic (exact) mass is 339 g/mol. The Hall–Kier alpha value is -2.49. The second-order valence-corrected chi connectivity index (χ2v) is 6.10. The van der Waals surface area contributed by atoms with Crippen LogP contribution in [0.3, 0.4) is 0 Å². The maximum absolute atomic E-state index is 12.0. The van der Waals surface area contributed by atoms with E-state index in [9.17, 15) is 4.79 Å². The summed E-state index contributed by atoms with van der Waals surface area (Å²) in [6, 6.07) is 16.5. The molecule has 2 aromatic rings. The molecular weight excluding hydrogens is 310 g/mol. The van der Waals surface area contributed by atoms with Gasteiger partial charge in [-0.3, -0.25) is 4.79 Å². The Balaban J connectivity index is 1.73. The van der Waals surface area contributed by atoms with Gasteiger partial charge in [0.2, 0.25) is 5.91 Å². The highest BCUT2D eigenvalue weighted by Gasteiger charge is 2.04. The predicted molar refractivity (Wildman–Crippen MR) is 106 cm³/mol. The molecule has 0 aromatic heterocycles. The number of benzene rings is 2. The van der Waals surface area contributed by atoms with Crippen molar-refractivity contribution in [2.24, 2.45) is 0 Å². The van der Waals surface area contributed by atoms with Gasteiger partial charge in [-0.2, -0.15) is 0 Å². The summed E-state index contributed by atoms with van der Waals surface area (Å²) in [4.78, 5) is 14.3. The van der Waals surface area contributed by atoms with Gasteiger partial charge in [-0.1, -0.05) is 24.3 Å². The topological polar surface area (TPSA) is 44.4 Å². The standard InChI is InChI=1S/C21H29N3O/c1-4-24(5-2)20-12-10-19(11-13-20)22-15-14-21(25)23-16-18-9-7-6-8-17(18)3/h6-13,22H,4-5,14-16H2,1-3H3,(H,23,25). The van der Waals surface area contributed by atoms with E-state index in [-0.39, 0.29) is 5.91 Å². The molecule has 25 heavy (non-hydrogen) atoms. The number of carbonyl (C=O) groups excluding carboxylic acids is 1. The van der Waals surface area contributed by atoms with E-state index in [2.05, 4.69) is 66.6 Å². The maximum Gasteiger partial charge on any atom is 0.222 e. The van der Waals surface area contributed by atoms with Crippen molar-refractivity contribution in [3.05, 3.63) is 59.7 Å². The first-order chi connectivity index (χ1) is 12.1. The smallest absolute Gasteiger partial charge is 0.222 e. The van der Waals surface area contributed by atoms with Crippen molar-refractivity contribution in [1.82, 2.24) is 5.32 Å². The van der Waals surface area contributed by atoms with Crippen LogP contribution < -0.4 is 15.5 Å². The zero-order valence-electron chi connectivity index (χ0n) is 15.5. The van der Waals surface area contributed by atoms with Crippen molar-refractivity contribution in [3.8, 4) is 0 Å². The molecule has 1 amide bonds. The van der Waals surface area contributed by atoms with Gasteiger partial charge in [0.05, 0.1) is 0 Å². The van der Waals surface area contributed by atoms with Crippen molar-refractivity contribution in [1.29, 1.82) is 0 Å². The lowest BCUT2D eigenvalue weighted by atomic mass is 10.1. The predicted octanol–water partition coefficient (Wildman–Crippen LogP) is 3.96. The first-order valence-electron chi connectivity index (χ1n) is 9.04. The van der Waals surface area contributed by atoms with Crippen LogP contribution in [0.5, 0.6) is 0 Å². The number of nitrogens with one attached hydrogen (secondary N) is 2. The minimum Gasteiger partial charge on any atom is -0.385 e. The lowest BCUT2D eigenvalue weighted by Gasteiger charge is -2.21. The molecule has 0 heterocycles. The summed E-state index contributed by atoms with van der Waals surface area (Å²) < 4.78 is 0. The van der Waals surface area contributed by atoms with E-state index in [4.69, 9.17) is 0 Å². The molecule has 0 atom stereocenters. The first-order valence-corrected chi connectivity index (χ1v) is 9.04. The van der Waals surface area contributed by atoms with Crippen LogP contribution in [-0.2, 0) is 11.3 Å². The Bertz CT molecular complexity index is 663. The molecule has 0 aliphatic rings. The highest BCUT2D eigenvalue weighted by molar-refractivity contribution is 5.76.